The molecule has 0 heterocycles. The van der Waals surface area contributed by atoms with Gasteiger partial charge in [-0.15, -0.1) is 0 Å². The first kappa shape index (κ1) is 10.2. The fraction of sp³-hybridized carbons (Fsp3) is 0.417. The van der Waals surface area contributed by atoms with Gasteiger partial charge in [0, 0.05) is 5.69 Å². The molecule has 1 fully saturated rings. The summed E-state index contributed by atoms with van der Waals surface area (Å²) >= 11 is 0. The van der Waals surface area contributed by atoms with Crippen molar-refractivity contribution in [2.24, 2.45) is 5.92 Å². The lowest BCUT2D eigenvalue weighted by Gasteiger charge is -2.30. The zero-order chi connectivity index (χ0) is 10.8. The van der Waals surface area contributed by atoms with Gasteiger partial charge in [-0.3, -0.25) is 4.79 Å². The number of nitrogens with one attached hydrogen (secondary N) is 1. The van der Waals surface area contributed by atoms with Gasteiger partial charge in [-0.25, -0.2) is 0 Å². The molecule has 80 valence electrons. The maximum Gasteiger partial charge on any atom is 0.230 e. The van der Waals surface area contributed by atoms with Gasteiger partial charge in [0.1, 0.15) is 0 Å². The molecule has 0 saturated heterocycles. The van der Waals surface area contributed by atoms with Crippen LogP contribution in [0.3, 0.4) is 0 Å². The number of amides is 1. The molecule has 1 saturated carbocycles. The van der Waals surface area contributed by atoms with Crippen molar-refractivity contribution in [2.75, 3.05) is 5.32 Å². The molecule has 15 heavy (non-hydrogen) atoms. The molecule has 0 radical (unpaired) electrons. The van der Waals surface area contributed by atoms with Gasteiger partial charge in [0.05, 0.1) is 12.0 Å². The molecule has 1 aromatic carbocycles. The summed E-state index contributed by atoms with van der Waals surface area (Å²) in [5, 5.41) is 12.1. The molecule has 3 heteroatoms. The number of carbonyl (C=O) groups is 1. The number of rotatable bonds is 2. The van der Waals surface area contributed by atoms with Gasteiger partial charge in [0.25, 0.3) is 0 Å². The van der Waals surface area contributed by atoms with Crippen LogP contribution in [0.1, 0.15) is 18.4 Å². The van der Waals surface area contributed by atoms with Crippen LogP contribution < -0.4 is 5.32 Å². The molecule has 2 rings (SSSR count). The molecule has 1 amide bonds. The number of hydrogen-bond donors (Lipinski definition) is 2. The van der Waals surface area contributed by atoms with Crippen LogP contribution in [0.25, 0.3) is 0 Å². The third-order valence-corrected chi connectivity index (χ3v) is 2.89. The van der Waals surface area contributed by atoms with Crippen molar-refractivity contribution in [3.63, 3.8) is 0 Å². The lowest BCUT2D eigenvalue weighted by atomic mass is 9.81. The van der Waals surface area contributed by atoms with E-state index in [2.05, 4.69) is 5.32 Å². The van der Waals surface area contributed by atoms with Crippen LogP contribution in [0.5, 0.6) is 0 Å². The number of hydrogen-bond acceptors (Lipinski definition) is 2. The standard InChI is InChI=1S/C12H15NO2/c1-8-2-4-9(5-3-8)13-12(15)10-6-7-11(10)14/h2-5,10-11,14H,6-7H2,1H3,(H,13,15). The second kappa shape index (κ2) is 4.03. The van der Waals surface area contributed by atoms with E-state index < -0.39 is 6.10 Å². The number of carbonyl (C=O) groups excluding carboxylic acids is 1. The summed E-state index contributed by atoms with van der Waals surface area (Å²) in [7, 11) is 0. The lowest BCUT2D eigenvalue weighted by molar-refractivity contribution is -0.128. The Kier molecular flexibility index (Phi) is 2.73. The summed E-state index contributed by atoms with van der Waals surface area (Å²) < 4.78 is 0. The predicted molar refractivity (Wildman–Crippen MR) is 58.5 cm³/mol. The van der Waals surface area contributed by atoms with E-state index in [-0.39, 0.29) is 11.8 Å². The maximum atomic E-state index is 11.6. The van der Waals surface area contributed by atoms with E-state index in [1.54, 1.807) is 0 Å². The van der Waals surface area contributed by atoms with E-state index in [1.165, 1.54) is 0 Å². The van der Waals surface area contributed by atoms with Crippen LogP contribution in [0, 0.1) is 12.8 Å². The molecule has 2 N–H and O–H groups in total. The van der Waals surface area contributed by atoms with E-state index in [9.17, 15) is 9.90 Å². The minimum atomic E-state index is -0.449. The molecular formula is C12H15NO2. The highest BCUT2D eigenvalue weighted by atomic mass is 16.3. The molecule has 2 unspecified atom stereocenters. The zero-order valence-corrected chi connectivity index (χ0v) is 8.73. The predicted octanol–water partition coefficient (Wildman–Crippen LogP) is 1.70. The Hall–Kier alpha value is -1.35. The van der Waals surface area contributed by atoms with Crippen LogP contribution in [-0.2, 0) is 4.79 Å². The van der Waals surface area contributed by atoms with Crippen LogP contribution in [0.15, 0.2) is 24.3 Å². The van der Waals surface area contributed by atoms with Crippen LogP contribution >= 0.6 is 0 Å². The molecule has 0 spiro atoms. The second-order valence-corrected chi connectivity index (χ2v) is 4.11. The Morgan fingerprint density at radius 2 is 2.00 bits per heavy atom. The molecule has 0 aromatic heterocycles. The van der Waals surface area contributed by atoms with Crippen LogP contribution in [0.2, 0.25) is 0 Å². The van der Waals surface area contributed by atoms with Crippen molar-refractivity contribution in [2.45, 2.75) is 25.9 Å². The fourth-order valence-electron chi connectivity index (χ4n) is 1.66. The van der Waals surface area contributed by atoms with Gasteiger partial charge in [0.15, 0.2) is 0 Å². The number of aliphatic hydroxyl groups is 1. The average Bonchev–Trinajstić information content (AvgIpc) is 2.19. The Morgan fingerprint density at radius 1 is 1.33 bits per heavy atom. The fourth-order valence-corrected chi connectivity index (χ4v) is 1.66. The molecule has 3 nitrogen and oxygen atoms in total. The summed E-state index contributed by atoms with van der Waals surface area (Å²) in [5.41, 5.74) is 1.96. The number of aryl methyl sites for hydroxylation is 1. The first-order valence-electron chi connectivity index (χ1n) is 5.22. The average molecular weight is 205 g/mol. The minimum absolute atomic E-state index is 0.0717. The number of aliphatic hydroxyl groups excluding tert-OH is 1. The Labute approximate surface area is 89.1 Å². The topological polar surface area (TPSA) is 49.3 Å². The molecule has 2 atom stereocenters. The first-order chi connectivity index (χ1) is 7.16. The SMILES string of the molecule is Cc1ccc(NC(=O)C2CCC2O)cc1. The van der Waals surface area contributed by atoms with Gasteiger partial charge in [-0.1, -0.05) is 17.7 Å². The minimum Gasteiger partial charge on any atom is -0.392 e. The quantitative estimate of drug-likeness (QED) is 0.772. The first-order valence-corrected chi connectivity index (χ1v) is 5.22. The smallest absolute Gasteiger partial charge is 0.230 e. The molecule has 1 aliphatic carbocycles. The highest BCUT2D eigenvalue weighted by molar-refractivity contribution is 5.93. The Balaban J connectivity index is 1.96. The monoisotopic (exact) mass is 205 g/mol. The van der Waals surface area contributed by atoms with E-state index in [4.69, 9.17) is 0 Å². The van der Waals surface area contributed by atoms with Crippen molar-refractivity contribution in [3.05, 3.63) is 29.8 Å². The Bertz CT molecular complexity index is 358. The molecular weight excluding hydrogens is 190 g/mol. The van der Waals surface area contributed by atoms with Gasteiger partial charge < -0.3 is 10.4 Å². The molecule has 0 aliphatic heterocycles. The Morgan fingerprint density at radius 3 is 2.47 bits per heavy atom. The third kappa shape index (κ3) is 2.18. The van der Waals surface area contributed by atoms with Gasteiger partial charge in [0.2, 0.25) is 5.91 Å². The van der Waals surface area contributed by atoms with Crippen LogP contribution in [-0.4, -0.2) is 17.1 Å². The van der Waals surface area contributed by atoms with Crippen molar-refractivity contribution in [1.82, 2.24) is 0 Å². The molecule has 1 aliphatic rings. The summed E-state index contributed by atoms with van der Waals surface area (Å²) in [6, 6.07) is 7.65. The number of benzene rings is 1. The molecule has 0 bridgehead atoms. The van der Waals surface area contributed by atoms with Crippen molar-refractivity contribution in [1.29, 1.82) is 0 Å². The largest absolute Gasteiger partial charge is 0.392 e. The zero-order valence-electron chi connectivity index (χ0n) is 8.73. The van der Waals surface area contributed by atoms with Crippen molar-refractivity contribution >= 4 is 11.6 Å². The maximum absolute atomic E-state index is 11.6. The summed E-state index contributed by atoms with van der Waals surface area (Å²) in [5.74, 6) is -0.288. The summed E-state index contributed by atoms with van der Waals surface area (Å²) in [6.07, 6.45) is 1.08. The second-order valence-electron chi connectivity index (χ2n) is 4.11. The van der Waals surface area contributed by atoms with E-state index in [1.807, 2.05) is 31.2 Å². The van der Waals surface area contributed by atoms with Crippen molar-refractivity contribution < 1.29 is 9.90 Å². The highest BCUT2D eigenvalue weighted by Crippen LogP contribution is 2.28. The van der Waals surface area contributed by atoms with E-state index >= 15 is 0 Å². The van der Waals surface area contributed by atoms with Gasteiger partial charge in [-0.05, 0) is 31.9 Å². The van der Waals surface area contributed by atoms with E-state index in [0.29, 0.717) is 0 Å². The normalized spacial score (nSPS) is 24.4. The summed E-state index contributed by atoms with van der Waals surface area (Å²) in [6.45, 7) is 2.00. The third-order valence-electron chi connectivity index (χ3n) is 2.89. The summed E-state index contributed by atoms with van der Waals surface area (Å²) in [4.78, 5) is 11.6. The van der Waals surface area contributed by atoms with Gasteiger partial charge >= 0.3 is 0 Å². The molecule has 1 aromatic rings. The number of anilines is 1. The van der Waals surface area contributed by atoms with Gasteiger partial charge in [-0.2, -0.15) is 0 Å². The van der Waals surface area contributed by atoms with Crippen molar-refractivity contribution in [3.8, 4) is 0 Å². The van der Waals surface area contributed by atoms with E-state index in [0.717, 1.165) is 24.1 Å². The highest BCUT2D eigenvalue weighted by Gasteiger charge is 2.34. The van der Waals surface area contributed by atoms with Crippen LogP contribution in [0.4, 0.5) is 5.69 Å². The lowest BCUT2D eigenvalue weighted by Crippen LogP contribution is -2.40.